The second-order valence-corrected chi connectivity index (χ2v) is 11.1. The fourth-order valence-corrected chi connectivity index (χ4v) is 4.54. The third kappa shape index (κ3) is 11.3. The molecule has 218 valence electrons. The number of nitrogens with one attached hydrogen (secondary N) is 3. The van der Waals surface area contributed by atoms with Gasteiger partial charge in [0.2, 0.25) is 17.7 Å². The molecular formula is C29H40N4O6S. The van der Waals surface area contributed by atoms with E-state index in [9.17, 15) is 29.4 Å². The highest BCUT2D eigenvalue weighted by atomic mass is 32.2. The molecule has 10 nitrogen and oxygen atoms in total. The topological polar surface area (TPSA) is 171 Å². The molecule has 4 unspecified atom stereocenters. The summed E-state index contributed by atoms with van der Waals surface area (Å²) >= 11 is 1.48. The molecule has 11 heteroatoms. The van der Waals surface area contributed by atoms with Crippen LogP contribution in [-0.4, -0.2) is 70.1 Å². The normalized spacial score (nSPS) is 14.0. The molecule has 0 aromatic heterocycles. The lowest BCUT2D eigenvalue weighted by Gasteiger charge is -2.25. The third-order valence-electron chi connectivity index (χ3n) is 6.21. The standard InChI is InChI=1S/C29H40N4O6S/c1-18(2)15-22(30)26(35)32-24(16-19-7-5-4-6-8-19)28(37)31-23(13-14-40-3)27(36)33-25(29(38)39)17-20-9-11-21(34)12-10-20/h4-12,18,22-25,34H,13-17,30H2,1-3H3,(H,31,37)(H,32,35)(H,33,36)(H,38,39). The van der Waals surface area contributed by atoms with Crippen LogP contribution < -0.4 is 21.7 Å². The van der Waals surface area contributed by atoms with Crippen LogP contribution in [-0.2, 0) is 32.0 Å². The Morgan fingerprint density at radius 3 is 1.90 bits per heavy atom. The average Bonchev–Trinajstić information content (AvgIpc) is 2.91. The maximum absolute atomic E-state index is 13.5. The van der Waals surface area contributed by atoms with E-state index < -0.39 is 47.9 Å². The van der Waals surface area contributed by atoms with Crippen molar-refractivity contribution in [1.82, 2.24) is 16.0 Å². The Morgan fingerprint density at radius 1 is 0.800 bits per heavy atom. The first-order valence-corrected chi connectivity index (χ1v) is 14.6. The Kier molecular flexibility index (Phi) is 13.5. The highest BCUT2D eigenvalue weighted by molar-refractivity contribution is 7.98. The molecule has 0 heterocycles. The Labute approximate surface area is 239 Å². The van der Waals surface area contributed by atoms with Crippen molar-refractivity contribution in [3.63, 3.8) is 0 Å². The summed E-state index contributed by atoms with van der Waals surface area (Å²) in [6, 6.07) is 11.1. The second-order valence-electron chi connectivity index (χ2n) is 10.1. The largest absolute Gasteiger partial charge is 0.508 e. The predicted molar refractivity (Wildman–Crippen MR) is 156 cm³/mol. The number of aromatic hydroxyl groups is 1. The number of hydrogen-bond donors (Lipinski definition) is 6. The number of rotatable bonds is 16. The van der Waals surface area contributed by atoms with E-state index in [1.165, 1.54) is 23.9 Å². The van der Waals surface area contributed by atoms with E-state index >= 15 is 0 Å². The number of benzene rings is 2. The maximum Gasteiger partial charge on any atom is 0.326 e. The fraction of sp³-hybridized carbons (Fsp3) is 0.448. The number of thioether (sulfide) groups is 1. The van der Waals surface area contributed by atoms with Crippen molar-refractivity contribution in [2.24, 2.45) is 11.7 Å². The van der Waals surface area contributed by atoms with Crippen LogP contribution in [0.1, 0.15) is 37.8 Å². The smallest absolute Gasteiger partial charge is 0.326 e. The molecule has 0 spiro atoms. The van der Waals surface area contributed by atoms with Gasteiger partial charge in [-0.25, -0.2) is 4.79 Å². The molecule has 40 heavy (non-hydrogen) atoms. The SMILES string of the molecule is CSCCC(NC(=O)C(Cc1ccccc1)NC(=O)C(N)CC(C)C)C(=O)NC(Cc1ccc(O)cc1)C(=O)O. The first-order valence-electron chi connectivity index (χ1n) is 13.2. The predicted octanol–water partition coefficient (Wildman–Crippen LogP) is 1.84. The van der Waals surface area contributed by atoms with E-state index in [1.54, 1.807) is 12.1 Å². The van der Waals surface area contributed by atoms with Gasteiger partial charge < -0.3 is 31.9 Å². The zero-order valence-corrected chi connectivity index (χ0v) is 23.9. The Morgan fingerprint density at radius 2 is 1.32 bits per heavy atom. The van der Waals surface area contributed by atoms with Gasteiger partial charge in [0, 0.05) is 12.8 Å². The molecule has 0 saturated heterocycles. The summed E-state index contributed by atoms with van der Waals surface area (Å²) in [7, 11) is 0. The van der Waals surface area contributed by atoms with Gasteiger partial charge in [0.15, 0.2) is 0 Å². The lowest BCUT2D eigenvalue weighted by Crippen LogP contribution is -2.58. The molecule has 0 bridgehead atoms. The van der Waals surface area contributed by atoms with Crippen LogP contribution in [0.25, 0.3) is 0 Å². The number of hydrogen-bond acceptors (Lipinski definition) is 7. The molecule has 0 radical (unpaired) electrons. The van der Waals surface area contributed by atoms with Gasteiger partial charge >= 0.3 is 5.97 Å². The Bertz CT molecular complexity index is 1110. The fourth-order valence-electron chi connectivity index (χ4n) is 4.07. The van der Waals surface area contributed by atoms with Crippen LogP contribution in [0.3, 0.4) is 0 Å². The molecule has 2 aromatic rings. The van der Waals surface area contributed by atoms with Crippen LogP contribution in [0, 0.1) is 5.92 Å². The maximum atomic E-state index is 13.5. The monoisotopic (exact) mass is 572 g/mol. The van der Waals surface area contributed by atoms with Gasteiger partial charge in [-0.3, -0.25) is 14.4 Å². The zero-order chi connectivity index (χ0) is 29.7. The van der Waals surface area contributed by atoms with E-state index in [-0.39, 0.29) is 30.9 Å². The Hall–Kier alpha value is -3.57. The van der Waals surface area contributed by atoms with Crippen LogP contribution in [0.5, 0.6) is 5.75 Å². The molecule has 0 aliphatic heterocycles. The molecule has 0 aliphatic rings. The molecule has 2 rings (SSSR count). The van der Waals surface area contributed by atoms with E-state index in [0.717, 1.165) is 5.56 Å². The summed E-state index contributed by atoms with van der Waals surface area (Å²) in [5, 5.41) is 27.2. The Balaban J connectivity index is 2.20. The zero-order valence-electron chi connectivity index (χ0n) is 23.1. The van der Waals surface area contributed by atoms with Crippen LogP contribution in [0.2, 0.25) is 0 Å². The van der Waals surface area contributed by atoms with Gasteiger partial charge in [0.25, 0.3) is 0 Å². The minimum atomic E-state index is -1.25. The minimum Gasteiger partial charge on any atom is -0.508 e. The van der Waals surface area contributed by atoms with E-state index in [4.69, 9.17) is 5.73 Å². The van der Waals surface area contributed by atoms with Crippen molar-refractivity contribution in [1.29, 1.82) is 0 Å². The number of carboxylic acid groups (broad SMARTS) is 1. The lowest BCUT2D eigenvalue weighted by molar-refractivity contribution is -0.142. The molecular weight excluding hydrogens is 532 g/mol. The van der Waals surface area contributed by atoms with Crippen LogP contribution in [0.15, 0.2) is 54.6 Å². The van der Waals surface area contributed by atoms with Gasteiger partial charge in [-0.1, -0.05) is 56.3 Å². The molecule has 0 aliphatic carbocycles. The third-order valence-corrected chi connectivity index (χ3v) is 6.86. The summed E-state index contributed by atoms with van der Waals surface area (Å²) in [6.45, 7) is 3.89. The molecule has 3 amide bonds. The lowest BCUT2D eigenvalue weighted by atomic mass is 10.0. The van der Waals surface area contributed by atoms with Gasteiger partial charge in [-0.15, -0.1) is 0 Å². The number of aliphatic carboxylic acids is 1. The molecule has 2 aromatic carbocycles. The number of nitrogens with two attached hydrogens (primary N) is 1. The van der Waals surface area contributed by atoms with E-state index in [1.807, 2.05) is 50.4 Å². The van der Waals surface area contributed by atoms with Gasteiger partial charge in [0.05, 0.1) is 6.04 Å². The molecule has 7 N–H and O–H groups in total. The average molecular weight is 573 g/mol. The highest BCUT2D eigenvalue weighted by Crippen LogP contribution is 2.12. The molecule has 0 fully saturated rings. The van der Waals surface area contributed by atoms with Crippen molar-refractivity contribution in [3.05, 3.63) is 65.7 Å². The van der Waals surface area contributed by atoms with Crippen LogP contribution in [0.4, 0.5) is 0 Å². The summed E-state index contributed by atoms with van der Waals surface area (Å²) in [6.07, 6.45) is 2.73. The summed E-state index contributed by atoms with van der Waals surface area (Å²) < 4.78 is 0. The quantitative estimate of drug-likeness (QED) is 0.177. The molecule has 0 saturated carbocycles. The molecule has 4 atom stereocenters. The summed E-state index contributed by atoms with van der Waals surface area (Å²) in [5.74, 6) is -2.15. The number of carboxylic acids is 1. The second kappa shape index (κ2) is 16.5. The van der Waals surface area contributed by atoms with Crippen molar-refractivity contribution in [2.75, 3.05) is 12.0 Å². The first-order chi connectivity index (χ1) is 19.0. The van der Waals surface area contributed by atoms with Gasteiger partial charge in [-0.2, -0.15) is 11.8 Å². The van der Waals surface area contributed by atoms with Gasteiger partial charge in [-0.05, 0) is 54.0 Å². The number of carbonyl (C=O) groups is 4. The van der Waals surface area contributed by atoms with Crippen molar-refractivity contribution >= 4 is 35.5 Å². The first kappa shape index (κ1) is 32.6. The van der Waals surface area contributed by atoms with Crippen molar-refractivity contribution in [2.45, 2.75) is 63.7 Å². The number of phenols is 1. The van der Waals surface area contributed by atoms with E-state index in [2.05, 4.69) is 16.0 Å². The van der Waals surface area contributed by atoms with E-state index in [0.29, 0.717) is 17.7 Å². The van der Waals surface area contributed by atoms with Gasteiger partial charge in [0.1, 0.15) is 23.9 Å². The summed E-state index contributed by atoms with van der Waals surface area (Å²) in [4.78, 5) is 51.4. The highest BCUT2D eigenvalue weighted by Gasteiger charge is 2.30. The van der Waals surface area contributed by atoms with Crippen molar-refractivity contribution in [3.8, 4) is 5.75 Å². The number of amides is 3. The van der Waals surface area contributed by atoms with Crippen LogP contribution >= 0.6 is 11.8 Å². The number of carbonyl (C=O) groups excluding carboxylic acids is 3. The number of phenolic OH excluding ortho intramolecular Hbond substituents is 1. The minimum absolute atomic E-state index is 0.00895. The van der Waals surface area contributed by atoms with Crippen molar-refractivity contribution < 1.29 is 29.4 Å². The summed E-state index contributed by atoms with van der Waals surface area (Å²) in [5.41, 5.74) is 7.47.